The van der Waals surface area contributed by atoms with Crippen LogP contribution in [-0.2, 0) is 9.53 Å². The van der Waals surface area contributed by atoms with E-state index in [4.69, 9.17) is 9.47 Å². The second-order valence-electron chi connectivity index (χ2n) is 7.10. The number of carbonyl (C=O) groups is 1. The number of hydrogen-bond acceptors (Lipinski definition) is 4. The van der Waals surface area contributed by atoms with E-state index in [1.54, 1.807) is 13.1 Å². The molecule has 0 amide bonds. The maximum Gasteiger partial charge on any atom is 0.307 e. The average Bonchev–Trinajstić information content (AvgIpc) is 3.43. The van der Waals surface area contributed by atoms with Crippen LogP contribution in [0.1, 0.15) is 51.6 Å². The van der Waals surface area contributed by atoms with Crippen molar-refractivity contribution in [2.45, 2.75) is 52.2 Å². The number of aliphatic imine (C=N–C) groups is 1. The van der Waals surface area contributed by atoms with Crippen molar-refractivity contribution in [2.24, 2.45) is 10.9 Å². The summed E-state index contributed by atoms with van der Waals surface area (Å²) in [5, 5.41) is 6.24. The number of nitrogens with one attached hydrogen (secondary N) is 2. The first-order valence-electron chi connectivity index (χ1n) is 9.48. The monoisotopic (exact) mass is 507 g/mol. The van der Waals surface area contributed by atoms with Crippen LogP contribution in [0.3, 0.4) is 0 Å². The maximum absolute atomic E-state index is 14.2. The van der Waals surface area contributed by atoms with Gasteiger partial charge in [0.25, 0.3) is 0 Å². The van der Waals surface area contributed by atoms with Crippen LogP contribution in [0.2, 0.25) is 0 Å². The van der Waals surface area contributed by atoms with Crippen LogP contribution < -0.4 is 15.4 Å². The summed E-state index contributed by atoms with van der Waals surface area (Å²) in [5.74, 6) is 0.793. The molecule has 0 aromatic heterocycles. The molecular formula is C20H31FIN3O3. The molecule has 0 heterocycles. The van der Waals surface area contributed by atoms with Crippen molar-refractivity contribution in [3.05, 3.63) is 29.6 Å². The zero-order chi connectivity index (χ0) is 19.8. The number of guanidine groups is 1. The summed E-state index contributed by atoms with van der Waals surface area (Å²) >= 11 is 0. The van der Waals surface area contributed by atoms with E-state index < -0.39 is 0 Å². The topological polar surface area (TPSA) is 72.0 Å². The molecule has 1 saturated carbocycles. The third kappa shape index (κ3) is 8.62. The summed E-state index contributed by atoms with van der Waals surface area (Å²) in [4.78, 5) is 15.7. The van der Waals surface area contributed by atoms with E-state index >= 15 is 0 Å². The second-order valence-corrected chi connectivity index (χ2v) is 7.10. The minimum absolute atomic E-state index is 0. The molecule has 0 saturated heterocycles. The molecular weight excluding hydrogens is 476 g/mol. The Labute approximate surface area is 183 Å². The summed E-state index contributed by atoms with van der Waals surface area (Å²) in [6.45, 7) is 6.53. The van der Waals surface area contributed by atoms with Crippen LogP contribution in [0.25, 0.3) is 0 Å². The Kier molecular flexibility index (Phi) is 10.6. The Hall–Kier alpha value is -1.58. The molecule has 1 aromatic carbocycles. The number of ether oxygens (including phenoxy) is 2. The SMILES string of the molecule is CN=C(NCCC(=O)OC(C)C)NC(C)c1ccc(OCC2CC2)c(F)c1.I. The molecule has 1 aliphatic carbocycles. The molecule has 0 spiro atoms. The lowest BCUT2D eigenvalue weighted by Gasteiger charge is -2.19. The molecule has 158 valence electrons. The number of rotatable bonds is 9. The molecule has 0 aliphatic heterocycles. The first kappa shape index (κ1) is 24.5. The number of esters is 1. The summed E-state index contributed by atoms with van der Waals surface area (Å²) in [7, 11) is 1.64. The summed E-state index contributed by atoms with van der Waals surface area (Å²) in [6, 6.07) is 4.83. The lowest BCUT2D eigenvalue weighted by molar-refractivity contribution is -0.147. The molecule has 1 fully saturated rings. The molecule has 1 atom stereocenters. The van der Waals surface area contributed by atoms with E-state index in [1.807, 2.05) is 26.8 Å². The van der Waals surface area contributed by atoms with Gasteiger partial charge in [-0.3, -0.25) is 9.79 Å². The van der Waals surface area contributed by atoms with E-state index in [1.165, 1.54) is 18.9 Å². The second kappa shape index (κ2) is 12.1. The Balaban J connectivity index is 0.00000392. The fourth-order valence-electron chi connectivity index (χ4n) is 2.48. The van der Waals surface area contributed by atoms with Crippen LogP contribution in [0, 0.1) is 11.7 Å². The third-order valence-electron chi connectivity index (χ3n) is 4.19. The van der Waals surface area contributed by atoms with Gasteiger partial charge in [0.05, 0.1) is 25.2 Å². The Morgan fingerprint density at radius 2 is 2.04 bits per heavy atom. The first-order valence-corrected chi connectivity index (χ1v) is 9.48. The smallest absolute Gasteiger partial charge is 0.307 e. The van der Waals surface area contributed by atoms with Crippen molar-refractivity contribution in [2.75, 3.05) is 20.2 Å². The summed E-state index contributed by atoms with van der Waals surface area (Å²) in [6.07, 6.45) is 2.46. The van der Waals surface area contributed by atoms with Crippen LogP contribution in [0.5, 0.6) is 5.75 Å². The van der Waals surface area contributed by atoms with Gasteiger partial charge < -0.3 is 20.1 Å². The van der Waals surface area contributed by atoms with E-state index in [0.29, 0.717) is 30.8 Å². The molecule has 1 aliphatic rings. The number of hydrogen-bond donors (Lipinski definition) is 2. The standard InChI is InChI=1S/C20H30FN3O3.HI/c1-13(2)27-19(25)9-10-23-20(22-4)24-14(3)16-7-8-18(17(21)11-16)26-12-15-5-6-15;/h7-8,11,13-15H,5-6,9-10,12H2,1-4H3,(H2,22,23,24);1H. The van der Waals surface area contributed by atoms with E-state index in [-0.39, 0.29) is 54.3 Å². The van der Waals surface area contributed by atoms with E-state index in [2.05, 4.69) is 15.6 Å². The van der Waals surface area contributed by atoms with Gasteiger partial charge in [-0.15, -0.1) is 24.0 Å². The van der Waals surface area contributed by atoms with Crippen molar-refractivity contribution in [1.29, 1.82) is 0 Å². The number of benzene rings is 1. The minimum Gasteiger partial charge on any atom is -0.490 e. The van der Waals surface area contributed by atoms with E-state index in [9.17, 15) is 9.18 Å². The Morgan fingerprint density at radius 1 is 1.32 bits per heavy atom. The molecule has 2 N–H and O–H groups in total. The van der Waals surface area contributed by atoms with Crippen LogP contribution in [0.15, 0.2) is 23.2 Å². The highest BCUT2D eigenvalue weighted by Gasteiger charge is 2.22. The van der Waals surface area contributed by atoms with Crippen molar-refractivity contribution >= 4 is 35.9 Å². The molecule has 28 heavy (non-hydrogen) atoms. The Bertz CT molecular complexity index is 666. The highest BCUT2D eigenvalue weighted by molar-refractivity contribution is 14.0. The van der Waals surface area contributed by atoms with Crippen LogP contribution >= 0.6 is 24.0 Å². The average molecular weight is 507 g/mol. The quantitative estimate of drug-likeness (QED) is 0.230. The van der Waals surface area contributed by atoms with Crippen molar-refractivity contribution in [3.8, 4) is 5.75 Å². The Morgan fingerprint density at radius 3 is 2.61 bits per heavy atom. The van der Waals surface area contributed by atoms with Gasteiger partial charge in [-0.1, -0.05) is 6.07 Å². The number of nitrogens with zero attached hydrogens (tertiary/aromatic N) is 1. The van der Waals surface area contributed by atoms with Gasteiger partial charge in [-0.05, 0) is 57.2 Å². The van der Waals surface area contributed by atoms with Gasteiger partial charge in [0, 0.05) is 13.6 Å². The van der Waals surface area contributed by atoms with Gasteiger partial charge in [0.2, 0.25) is 0 Å². The van der Waals surface area contributed by atoms with Gasteiger partial charge in [0.1, 0.15) is 0 Å². The first-order chi connectivity index (χ1) is 12.9. The zero-order valence-electron chi connectivity index (χ0n) is 17.0. The highest BCUT2D eigenvalue weighted by Crippen LogP contribution is 2.30. The van der Waals surface area contributed by atoms with Gasteiger partial charge in [-0.2, -0.15) is 0 Å². The molecule has 0 radical (unpaired) electrons. The highest BCUT2D eigenvalue weighted by atomic mass is 127. The van der Waals surface area contributed by atoms with Crippen molar-refractivity contribution < 1.29 is 18.7 Å². The molecule has 2 rings (SSSR count). The minimum atomic E-state index is -0.360. The zero-order valence-corrected chi connectivity index (χ0v) is 19.3. The predicted octanol–water partition coefficient (Wildman–Crippen LogP) is 3.80. The van der Waals surface area contributed by atoms with Gasteiger partial charge in [-0.25, -0.2) is 4.39 Å². The normalized spacial score (nSPS) is 14.9. The van der Waals surface area contributed by atoms with Crippen LogP contribution in [-0.4, -0.2) is 38.2 Å². The molecule has 1 unspecified atom stereocenters. The molecule has 0 bridgehead atoms. The molecule has 6 nitrogen and oxygen atoms in total. The van der Waals surface area contributed by atoms with Gasteiger partial charge >= 0.3 is 5.97 Å². The molecule has 1 aromatic rings. The van der Waals surface area contributed by atoms with Crippen LogP contribution in [0.4, 0.5) is 4.39 Å². The lowest BCUT2D eigenvalue weighted by atomic mass is 10.1. The van der Waals surface area contributed by atoms with Crippen molar-refractivity contribution in [1.82, 2.24) is 10.6 Å². The lowest BCUT2D eigenvalue weighted by Crippen LogP contribution is -2.39. The molecule has 8 heteroatoms. The van der Waals surface area contributed by atoms with Gasteiger partial charge in [0.15, 0.2) is 17.5 Å². The third-order valence-corrected chi connectivity index (χ3v) is 4.19. The van der Waals surface area contributed by atoms with E-state index in [0.717, 1.165) is 5.56 Å². The number of carbonyl (C=O) groups excluding carboxylic acids is 1. The van der Waals surface area contributed by atoms with Crippen molar-refractivity contribution in [3.63, 3.8) is 0 Å². The summed E-state index contributed by atoms with van der Waals surface area (Å²) in [5.41, 5.74) is 0.786. The number of halogens is 2. The fourth-order valence-corrected chi connectivity index (χ4v) is 2.48. The largest absolute Gasteiger partial charge is 0.490 e. The fraction of sp³-hybridized carbons (Fsp3) is 0.600. The summed E-state index contributed by atoms with van der Waals surface area (Å²) < 4.78 is 24.9. The predicted molar refractivity (Wildman–Crippen MR) is 119 cm³/mol. The maximum atomic E-state index is 14.2.